The van der Waals surface area contributed by atoms with Crippen molar-refractivity contribution in [3.63, 3.8) is 0 Å². The average Bonchev–Trinajstić information content (AvgIpc) is 3.29. The number of H-pyrrole nitrogens is 1. The minimum atomic E-state index is -0.911. The maximum Gasteiger partial charge on any atom is 0.232 e. The number of nitrogens with zero attached hydrogens (tertiary/aromatic N) is 1. The summed E-state index contributed by atoms with van der Waals surface area (Å²) in [6.07, 6.45) is 2.17. The van der Waals surface area contributed by atoms with E-state index in [1.807, 2.05) is 51.2 Å². The van der Waals surface area contributed by atoms with Crippen LogP contribution in [0.25, 0.3) is 10.9 Å². The van der Waals surface area contributed by atoms with E-state index in [-0.39, 0.29) is 35.7 Å². The number of ketones is 1. The Morgan fingerprint density at radius 2 is 1.63 bits per heavy atom. The van der Waals surface area contributed by atoms with Gasteiger partial charge in [0.15, 0.2) is 17.3 Å². The summed E-state index contributed by atoms with van der Waals surface area (Å²) in [5, 5.41) is 10.9. The second-order valence-electron chi connectivity index (χ2n) is 10.5. The number of phenols is 1. The number of methoxy groups -OCH3 is 2. The summed E-state index contributed by atoms with van der Waals surface area (Å²) in [6.45, 7) is 5.98. The fraction of sp³-hybridized carbons (Fsp3) is 0.290. The zero-order valence-corrected chi connectivity index (χ0v) is 22.4. The largest absolute Gasteiger partial charge is 0.508 e. The van der Waals surface area contributed by atoms with Crippen LogP contribution in [0, 0.1) is 5.41 Å². The molecule has 7 heteroatoms. The Labute approximate surface area is 223 Å². The van der Waals surface area contributed by atoms with Gasteiger partial charge >= 0.3 is 0 Å². The number of amides is 1. The topological polar surface area (TPSA) is 91.9 Å². The Balaban J connectivity index is 1.86. The molecule has 1 heterocycles. The summed E-state index contributed by atoms with van der Waals surface area (Å²) in [5.41, 5.74) is 2.60. The molecule has 7 nitrogen and oxygen atoms in total. The third-order valence-corrected chi connectivity index (χ3v) is 6.41. The van der Waals surface area contributed by atoms with Gasteiger partial charge in [0.05, 0.1) is 20.6 Å². The fourth-order valence-corrected chi connectivity index (χ4v) is 4.69. The number of carbonyl (C=O) groups excluding carboxylic acids is 2. The smallest absolute Gasteiger partial charge is 0.232 e. The number of phenolic OH excluding ortho intramolecular Hbond substituents is 1. The molecule has 0 aliphatic carbocycles. The first-order chi connectivity index (χ1) is 18.1. The highest BCUT2D eigenvalue weighted by Crippen LogP contribution is 2.38. The second-order valence-corrected chi connectivity index (χ2v) is 10.5. The summed E-state index contributed by atoms with van der Waals surface area (Å²) in [7, 11) is 3.07. The highest BCUT2D eigenvalue weighted by molar-refractivity contribution is 6.04. The lowest BCUT2D eigenvalue weighted by Gasteiger charge is -2.33. The minimum absolute atomic E-state index is 0.0791. The van der Waals surface area contributed by atoms with Crippen LogP contribution < -0.4 is 14.4 Å². The molecule has 1 atom stereocenters. The molecule has 4 rings (SSSR count). The van der Waals surface area contributed by atoms with Crippen molar-refractivity contribution in [2.24, 2.45) is 5.41 Å². The summed E-state index contributed by atoms with van der Waals surface area (Å²) in [6, 6.07) is 18.5. The number of aromatic nitrogens is 1. The number of hydrogen-bond donors (Lipinski definition) is 2. The van der Waals surface area contributed by atoms with Gasteiger partial charge < -0.3 is 19.6 Å². The highest BCUT2D eigenvalue weighted by atomic mass is 16.5. The van der Waals surface area contributed by atoms with E-state index in [1.165, 1.54) is 19.2 Å². The number of ether oxygens (including phenoxy) is 2. The predicted molar refractivity (Wildman–Crippen MR) is 149 cm³/mol. The zero-order valence-electron chi connectivity index (χ0n) is 22.4. The van der Waals surface area contributed by atoms with E-state index in [0.717, 1.165) is 16.5 Å². The molecule has 1 amide bonds. The summed E-state index contributed by atoms with van der Waals surface area (Å²) in [5.74, 6) is 0.691. The predicted octanol–water partition coefficient (Wildman–Crippen LogP) is 6.21. The number of aromatic hydroxyl groups is 1. The number of rotatable bonds is 9. The first-order valence-electron chi connectivity index (χ1n) is 12.5. The molecule has 0 fully saturated rings. The van der Waals surface area contributed by atoms with Crippen LogP contribution in [0.3, 0.4) is 0 Å². The SMILES string of the molecule is COc1ccc(N(C(=O)Cc2c[nH]c3ccccc23)C(C(=O)CC(C)(C)C)c2ccc(O)cc2)cc1OC. The lowest BCUT2D eigenvalue weighted by atomic mass is 9.85. The molecule has 0 saturated heterocycles. The monoisotopic (exact) mass is 514 g/mol. The van der Waals surface area contributed by atoms with Crippen LogP contribution in [-0.4, -0.2) is 36.0 Å². The Bertz CT molecular complexity index is 1430. The second kappa shape index (κ2) is 11.0. The number of carbonyl (C=O) groups is 2. The number of aromatic amines is 1. The van der Waals surface area contributed by atoms with Gasteiger partial charge in [0.25, 0.3) is 0 Å². The third-order valence-electron chi connectivity index (χ3n) is 6.41. The van der Waals surface area contributed by atoms with Crippen molar-refractivity contribution in [1.82, 2.24) is 4.98 Å². The molecule has 4 aromatic rings. The van der Waals surface area contributed by atoms with Crippen LogP contribution in [0.2, 0.25) is 0 Å². The van der Waals surface area contributed by atoms with Crippen molar-refractivity contribution in [2.45, 2.75) is 39.7 Å². The van der Waals surface area contributed by atoms with Crippen LogP contribution in [0.1, 0.15) is 44.4 Å². The highest BCUT2D eigenvalue weighted by Gasteiger charge is 2.35. The maximum absolute atomic E-state index is 14.2. The average molecular weight is 515 g/mol. The Morgan fingerprint density at radius 1 is 0.947 bits per heavy atom. The maximum atomic E-state index is 14.2. The molecule has 3 aromatic carbocycles. The van der Waals surface area contributed by atoms with Crippen LogP contribution >= 0.6 is 0 Å². The zero-order chi connectivity index (χ0) is 27.4. The van der Waals surface area contributed by atoms with Gasteiger partial charge in [-0.05, 0) is 46.9 Å². The number of fused-ring (bicyclic) bond motifs is 1. The van der Waals surface area contributed by atoms with Crippen molar-refractivity contribution in [3.05, 3.63) is 84.1 Å². The van der Waals surface area contributed by atoms with E-state index in [4.69, 9.17) is 9.47 Å². The van der Waals surface area contributed by atoms with Crippen LogP contribution in [0.4, 0.5) is 5.69 Å². The van der Waals surface area contributed by atoms with E-state index < -0.39 is 6.04 Å². The molecule has 1 aromatic heterocycles. The van der Waals surface area contributed by atoms with Crippen LogP contribution in [-0.2, 0) is 16.0 Å². The lowest BCUT2D eigenvalue weighted by Crippen LogP contribution is -2.41. The first-order valence-corrected chi connectivity index (χ1v) is 12.5. The van der Waals surface area contributed by atoms with Crippen LogP contribution in [0.5, 0.6) is 17.2 Å². The van der Waals surface area contributed by atoms with Gasteiger partial charge in [-0.3, -0.25) is 14.5 Å². The molecule has 2 N–H and O–H groups in total. The number of hydrogen-bond acceptors (Lipinski definition) is 5. The quantitative estimate of drug-likeness (QED) is 0.277. The summed E-state index contributed by atoms with van der Waals surface area (Å²) < 4.78 is 10.9. The molecule has 1 unspecified atom stereocenters. The molecule has 0 bridgehead atoms. The van der Waals surface area contributed by atoms with E-state index in [0.29, 0.717) is 22.7 Å². The van der Waals surface area contributed by atoms with E-state index in [9.17, 15) is 14.7 Å². The molecule has 0 radical (unpaired) electrons. The molecule has 0 saturated carbocycles. The van der Waals surface area contributed by atoms with Crippen molar-refractivity contribution in [1.29, 1.82) is 0 Å². The molecule has 0 spiro atoms. The number of benzene rings is 3. The van der Waals surface area contributed by atoms with Crippen molar-refractivity contribution in [3.8, 4) is 17.2 Å². The lowest BCUT2D eigenvalue weighted by molar-refractivity contribution is -0.126. The Morgan fingerprint density at radius 3 is 2.29 bits per heavy atom. The van der Waals surface area contributed by atoms with Gasteiger partial charge in [-0.1, -0.05) is 51.1 Å². The Hall–Kier alpha value is -4.26. The van der Waals surface area contributed by atoms with E-state index in [2.05, 4.69) is 4.98 Å². The van der Waals surface area contributed by atoms with Gasteiger partial charge in [-0.25, -0.2) is 0 Å². The van der Waals surface area contributed by atoms with Crippen molar-refractivity contribution in [2.75, 3.05) is 19.1 Å². The van der Waals surface area contributed by atoms with Crippen molar-refractivity contribution < 1.29 is 24.2 Å². The standard InChI is InChI=1S/C31H34N2O5/c1-31(2,3)18-26(35)30(20-10-13-23(34)14-11-20)33(22-12-15-27(37-4)28(17-22)38-5)29(36)16-21-19-32-25-9-7-6-8-24(21)25/h6-15,17,19,30,32,34H,16,18H2,1-5H3. The molecule has 0 aliphatic heterocycles. The molecular formula is C31H34N2O5. The number of Topliss-reactive ketones (excluding diaryl/α,β-unsaturated/α-hetero) is 1. The number of nitrogens with one attached hydrogen (secondary N) is 1. The molecule has 198 valence electrons. The van der Waals surface area contributed by atoms with Gasteiger partial charge in [0.2, 0.25) is 5.91 Å². The molecular weight excluding hydrogens is 480 g/mol. The van der Waals surface area contributed by atoms with Gasteiger partial charge in [-0.2, -0.15) is 0 Å². The first kappa shape index (κ1) is 26.8. The van der Waals surface area contributed by atoms with E-state index in [1.54, 1.807) is 42.3 Å². The number of anilines is 1. The summed E-state index contributed by atoms with van der Waals surface area (Å²) in [4.78, 5) is 32.9. The fourth-order valence-electron chi connectivity index (χ4n) is 4.69. The summed E-state index contributed by atoms with van der Waals surface area (Å²) >= 11 is 0. The van der Waals surface area contributed by atoms with Crippen molar-refractivity contribution >= 4 is 28.3 Å². The van der Waals surface area contributed by atoms with Crippen LogP contribution in [0.15, 0.2) is 72.9 Å². The third kappa shape index (κ3) is 5.83. The number of para-hydroxylation sites is 1. The van der Waals surface area contributed by atoms with Gasteiger partial charge in [0, 0.05) is 35.3 Å². The van der Waals surface area contributed by atoms with E-state index >= 15 is 0 Å². The van der Waals surface area contributed by atoms with Gasteiger partial charge in [-0.15, -0.1) is 0 Å². The molecule has 38 heavy (non-hydrogen) atoms. The minimum Gasteiger partial charge on any atom is -0.508 e. The van der Waals surface area contributed by atoms with Gasteiger partial charge in [0.1, 0.15) is 11.8 Å². The molecule has 0 aliphatic rings. The Kier molecular flexibility index (Phi) is 7.76. The normalized spacial score (nSPS) is 12.2.